The van der Waals surface area contributed by atoms with Gasteiger partial charge < -0.3 is 0 Å². The molecule has 0 bridgehead atoms. The van der Waals surface area contributed by atoms with Crippen molar-refractivity contribution in [2.75, 3.05) is 0 Å². The van der Waals surface area contributed by atoms with E-state index in [1.165, 1.54) is 57.8 Å². The fourth-order valence-electron chi connectivity index (χ4n) is 6.91. The van der Waals surface area contributed by atoms with E-state index in [0.29, 0.717) is 11.7 Å². The van der Waals surface area contributed by atoms with Gasteiger partial charge in [-0.3, -0.25) is 0 Å². The number of hydrogen-bond acceptors (Lipinski definition) is 0. The normalized spacial score (nSPS) is 42.4. The predicted octanol–water partition coefficient (Wildman–Crippen LogP) is 8.59. The summed E-state index contributed by atoms with van der Waals surface area (Å²) in [5.74, 6) is 3.38. The van der Waals surface area contributed by atoms with Crippen LogP contribution in [0.5, 0.6) is 0 Å². The lowest BCUT2D eigenvalue weighted by Crippen LogP contribution is -2.42. The van der Waals surface area contributed by atoms with Crippen molar-refractivity contribution in [3.05, 3.63) is 0 Å². The Hall–Kier alpha value is -0.0751. The summed E-state index contributed by atoms with van der Waals surface area (Å²) in [5, 5.41) is 0. The maximum atomic E-state index is 15.1. The summed E-state index contributed by atoms with van der Waals surface area (Å²) in [4.78, 5) is 0. The van der Waals surface area contributed by atoms with E-state index in [1.54, 1.807) is 0 Å². The summed E-state index contributed by atoms with van der Waals surface area (Å²) < 4.78 is 30.1. The fourth-order valence-corrected chi connectivity index (χ4v) is 6.91. The molecule has 3 aliphatic carbocycles. The third-order valence-corrected chi connectivity index (χ3v) is 8.94. The van der Waals surface area contributed by atoms with Crippen molar-refractivity contribution in [3.8, 4) is 0 Å². The molecule has 3 aliphatic rings. The van der Waals surface area contributed by atoms with Gasteiger partial charge in [-0.25, -0.2) is 8.78 Å². The van der Waals surface area contributed by atoms with Gasteiger partial charge in [0.25, 0.3) is 0 Å². The molecule has 0 spiro atoms. The zero-order chi connectivity index (χ0) is 20.8. The minimum Gasteiger partial charge on any atom is -0.245 e. The van der Waals surface area contributed by atoms with Gasteiger partial charge in [-0.2, -0.15) is 0 Å². The second-order valence-electron chi connectivity index (χ2n) is 11.2. The average Bonchev–Trinajstić information content (AvgIpc) is 2.73. The van der Waals surface area contributed by atoms with Crippen LogP contribution < -0.4 is 0 Å². The van der Waals surface area contributed by atoms with Crippen LogP contribution >= 0.6 is 0 Å². The molecule has 0 aromatic heterocycles. The van der Waals surface area contributed by atoms with Crippen LogP contribution in [-0.4, -0.2) is 19.6 Å². The number of alkyl halides is 2. The van der Waals surface area contributed by atoms with Crippen LogP contribution in [0.1, 0.15) is 111 Å². The maximum Gasteiger partial charge on any atom is 0.134 e. The van der Waals surface area contributed by atoms with E-state index in [1.807, 2.05) is 0 Å². The Morgan fingerprint density at radius 1 is 0.759 bits per heavy atom. The number of unbranched alkanes of at least 4 members (excludes halogenated alkanes) is 2. The third-order valence-electron chi connectivity index (χ3n) is 8.94. The van der Waals surface area contributed by atoms with Gasteiger partial charge in [-0.05, 0) is 80.4 Å². The molecule has 5 unspecified atom stereocenters. The smallest absolute Gasteiger partial charge is 0.134 e. The summed E-state index contributed by atoms with van der Waals surface area (Å²) in [7, 11) is 2.16. The van der Waals surface area contributed by atoms with E-state index in [0.717, 1.165) is 49.9 Å². The highest BCUT2D eigenvalue weighted by molar-refractivity contribution is 6.39. The zero-order valence-corrected chi connectivity index (χ0v) is 19.4. The summed E-state index contributed by atoms with van der Waals surface area (Å²) in [6, 6.07) is 0. The third kappa shape index (κ3) is 6.45. The monoisotopic (exact) mass is 407 g/mol. The number of halogens is 2. The Labute approximate surface area is 180 Å². The van der Waals surface area contributed by atoms with Gasteiger partial charge in [0.15, 0.2) is 0 Å². The van der Waals surface area contributed by atoms with Crippen molar-refractivity contribution in [2.24, 2.45) is 29.6 Å². The second-order valence-corrected chi connectivity index (χ2v) is 11.2. The molecule has 0 aromatic carbocycles. The van der Waals surface area contributed by atoms with Crippen LogP contribution in [0.25, 0.3) is 0 Å². The SMILES string of the molecule is CCCCCC(C)[B]C1CCC(C2CCC(C3CCC(C)CC3)CC2)C(F)C1F. The molecule has 29 heavy (non-hydrogen) atoms. The first-order valence-electron chi connectivity index (χ1n) is 13.1. The van der Waals surface area contributed by atoms with E-state index >= 15 is 4.39 Å². The second kappa shape index (κ2) is 11.5. The van der Waals surface area contributed by atoms with E-state index < -0.39 is 12.3 Å². The molecule has 167 valence electrons. The summed E-state index contributed by atoms with van der Waals surface area (Å²) in [6.07, 6.45) is 14.5. The van der Waals surface area contributed by atoms with Crippen molar-refractivity contribution in [3.63, 3.8) is 0 Å². The minimum atomic E-state index is -1.26. The molecule has 3 fully saturated rings. The van der Waals surface area contributed by atoms with Crippen LogP contribution in [0.4, 0.5) is 8.78 Å². The van der Waals surface area contributed by atoms with Gasteiger partial charge in [0.2, 0.25) is 0 Å². The molecule has 1 radical (unpaired) electrons. The lowest BCUT2D eigenvalue weighted by Gasteiger charge is -2.43. The van der Waals surface area contributed by atoms with Crippen LogP contribution in [0.3, 0.4) is 0 Å². The maximum absolute atomic E-state index is 15.1. The summed E-state index contributed by atoms with van der Waals surface area (Å²) in [5.41, 5.74) is 0. The molecule has 0 aliphatic heterocycles. The number of rotatable bonds is 8. The van der Waals surface area contributed by atoms with Gasteiger partial charge >= 0.3 is 0 Å². The van der Waals surface area contributed by atoms with Crippen molar-refractivity contribution < 1.29 is 8.78 Å². The Morgan fingerprint density at radius 3 is 1.97 bits per heavy atom. The highest BCUT2D eigenvalue weighted by atomic mass is 19.2. The molecule has 5 atom stereocenters. The molecule has 0 amide bonds. The first-order valence-corrected chi connectivity index (χ1v) is 13.1. The highest BCUT2D eigenvalue weighted by Crippen LogP contribution is 2.48. The summed E-state index contributed by atoms with van der Waals surface area (Å²) >= 11 is 0. The average molecular weight is 407 g/mol. The van der Waals surface area contributed by atoms with E-state index in [-0.39, 0.29) is 11.7 Å². The van der Waals surface area contributed by atoms with E-state index in [2.05, 4.69) is 28.1 Å². The first kappa shape index (κ1) is 23.6. The first-order chi connectivity index (χ1) is 14.0. The predicted molar refractivity (Wildman–Crippen MR) is 122 cm³/mol. The van der Waals surface area contributed by atoms with Crippen LogP contribution in [0.15, 0.2) is 0 Å². The molecule has 0 nitrogen and oxygen atoms in total. The molecule has 3 heteroatoms. The van der Waals surface area contributed by atoms with Gasteiger partial charge in [0.05, 0.1) is 0 Å². The van der Waals surface area contributed by atoms with E-state index in [9.17, 15) is 4.39 Å². The number of hydrogen-bond donors (Lipinski definition) is 0. The molecule has 0 saturated heterocycles. The van der Waals surface area contributed by atoms with Crippen LogP contribution in [0, 0.1) is 29.6 Å². The zero-order valence-electron chi connectivity index (χ0n) is 19.4. The molecule has 3 saturated carbocycles. The molecule has 3 rings (SSSR count). The van der Waals surface area contributed by atoms with E-state index in [4.69, 9.17) is 0 Å². The Morgan fingerprint density at radius 2 is 1.34 bits per heavy atom. The van der Waals surface area contributed by atoms with Crippen molar-refractivity contribution in [2.45, 2.75) is 135 Å². The van der Waals surface area contributed by atoms with Gasteiger partial charge in [-0.15, -0.1) is 0 Å². The molecular formula is C26H46BF2. The quantitative estimate of drug-likeness (QED) is 0.279. The Bertz CT molecular complexity index is 454. The standard InChI is InChI=1S/C26H46BF2/c1-4-5-6-7-19(3)27-24-17-16-23(25(28)26(24)29)22-14-12-21(13-15-22)20-10-8-18(2)9-11-20/h18-26H,4-17H2,1-3H3. The molecule has 0 N–H and O–H groups in total. The van der Waals surface area contributed by atoms with Gasteiger partial charge in [0, 0.05) is 0 Å². The van der Waals surface area contributed by atoms with Crippen molar-refractivity contribution in [1.82, 2.24) is 0 Å². The lowest BCUT2D eigenvalue weighted by atomic mass is 9.48. The van der Waals surface area contributed by atoms with Crippen molar-refractivity contribution in [1.29, 1.82) is 0 Å². The van der Waals surface area contributed by atoms with Gasteiger partial charge in [-0.1, -0.05) is 71.5 Å². The highest BCUT2D eigenvalue weighted by Gasteiger charge is 2.44. The fraction of sp³-hybridized carbons (Fsp3) is 1.00. The van der Waals surface area contributed by atoms with Crippen molar-refractivity contribution >= 4 is 7.28 Å². The van der Waals surface area contributed by atoms with Crippen LogP contribution in [-0.2, 0) is 0 Å². The lowest BCUT2D eigenvalue weighted by molar-refractivity contribution is 0.0156. The molecular weight excluding hydrogens is 361 g/mol. The topological polar surface area (TPSA) is 0 Å². The molecule has 0 aromatic rings. The molecule has 0 heterocycles. The summed E-state index contributed by atoms with van der Waals surface area (Å²) in [6.45, 7) is 6.79. The Kier molecular flexibility index (Phi) is 9.37. The van der Waals surface area contributed by atoms with Crippen LogP contribution in [0.2, 0.25) is 11.6 Å². The van der Waals surface area contributed by atoms with Gasteiger partial charge in [0.1, 0.15) is 19.6 Å². The largest absolute Gasteiger partial charge is 0.245 e. The minimum absolute atomic E-state index is 0.0163. The Balaban J connectivity index is 1.42.